The van der Waals surface area contributed by atoms with Gasteiger partial charge in [0.2, 0.25) is 10.0 Å². The Labute approximate surface area is 97.9 Å². The number of nitrogens with zero attached hydrogens (tertiary/aromatic N) is 3. The lowest BCUT2D eigenvalue weighted by Gasteiger charge is -2.03. The molecule has 0 aliphatic heterocycles. The molecule has 0 aliphatic carbocycles. The van der Waals surface area contributed by atoms with Crippen LogP contribution in [0.15, 0.2) is 23.5 Å². The van der Waals surface area contributed by atoms with Gasteiger partial charge in [0, 0.05) is 25.4 Å². The molecule has 2 heterocycles. The number of nitrogen functional groups attached to an aromatic ring is 1. The van der Waals surface area contributed by atoms with E-state index in [0.29, 0.717) is 0 Å². The number of aromatic amines is 1. The maximum absolute atomic E-state index is 11.8. The molecule has 17 heavy (non-hydrogen) atoms. The van der Waals surface area contributed by atoms with E-state index in [4.69, 9.17) is 5.73 Å². The summed E-state index contributed by atoms with van der Waals surface area (Å²) in [4.78, 5) is -0.0543. The van der Waals surface area contributed by atoms with Crippen LogP contribution >= 0.6 is 0 Å². The third-order valence-electron chi connectivity index (χ3n) is 2.15. The smallest absolute Gasteiger partial charge is 0.246 e. The maximum Gasteiger partial charge on any atom is 0.246 e. The molecule has 0 fully saturated rings. The van der Waals surface area contributed by atoms with Crippen LogP contribution in [0.4, 0.5) is 5.82 Å². The Hall–Kier alpha value is -1.87. The van der Waals surface area contributed by atoms with Gasteiger partial charge in [0.25, 0.3) is 0 Å². The first kappa shape index (κ1) is 11.6. The topological polar surface area (TPSA) is 119 Å². The molecule has 0 saturated heterocycles. The van der Waals surface area contributed by atoms with Gasteiger partial charge in [-0.15, -0.1) is 0 Å². The summed E-state index contributed by atoms with van der Waals surface area (Å²) in [5.41, 5.74) is 6.21. The standard InChI is InChI=1S/C8H12N6O2S/c1-14-5-6(2-11-14)3-12-17(15,16)7-4-10-13-8(7)9/h2,4-5,12H,3H2,1H3,(H3,9,10,13). The number of sulfonamides is 1. The van der Waals surface area contributed by atoms with Crippen LogP contribution in [0.3, 0.4) is 0 Å². The summed E-state index contributed by atoms with van der Waals surface area (Å²) in [6.07, 6.45) is 4.48. The fraction of sp³-hybridized carbons (Fsp3) is 0.250. The van der Waals surface area contributed by atoms with Crippen molar-refractivity contribution >= 4 is 15.8 Å². The van der Waals surface area contributed by atoms with Crippen LogP contribution in [-0.2, 0) is 23.6 Å². The van der Waals surface area contributed by atoms with E-state index in [1.165, 1.54) is 6.20 Å². The molecule has 8 nitrogen and oxygen atoms in total. The van der Waals surface area contributed by atoms with Crippen molar-refractivity contribution < 1.29 is 8.42 Å². The van der Waals surface area contributed by atoms with Gasteiger partial charge in [0.15, 0.2) is 0 Å². The van der Waals surface area contributed by atoms with E-state index in [1.54, 1.807) is 24.1 Å². The molecular weight excluding hydrogens is 244 g/mol. The molecule has 0 bridgehead atoms. The van der Waals surface area contributed by atoms with Crippen molar-refractivity contribution in [2.24, 2.45) is 7.05 Å². The molecule has 0 atom stereocenters. The number of hydrogen-bond donors (Lipinski definition) is 3. The van der Waals surface area contributed by atoms with Crippen LogP contribution in [-0.4, -0.2) is 28.4 Å². The SMILES string of the molecule is Cn1cc(CNS(=O)(=O)c2cn[nH]c2N)cn1. The van der Waals surface area contributed by atoms with Crippen molar-refractivity contribution in [3.63, 3.8) is 0 Å². The molecule has 0 unspecified atom stereocenters. The molecule has 2 aromatic rings. The van der Waals surface area contributed by atoms with E-state index < -0.39 is 10.0 Å². The van der Waals surface area contributed by atoms with Gasteiger partial charge >= 0.3 is 0 Å². The second-order valence-electron chi connectivity index (χ2n) is 3.49. The summed E-state index contributed by atoms with van der Waals surface area (Å²) in [6, 6.07) is 0. The molecule has 4 N–H and O–H groups in total. The first-order valence-electron chi connectivity index (χ1n) is 4.75. The molecule has 0 aromatic carbocycles. The highest BCUT2D eigenvalue weighted by Crippen LogP contribution is 2.13. The van der Waals surface area contributed by atoms with Gasteiger partial charge in [-0.25, -0.2) is 13.1 Å². The average Bonchev–Trinajstić information content (AvgIpc) is 2.85. The lowest BCUT2D eigenvalue weighted by Crippen LogP contribution is -2.23. The average molecular weight is 256 g/mol. The van der Waals surface area contributed by atoms with Crippen LogP contribution in [0.25, 0.3) is 0 Å². The lowest BCUT2D eigenvalue weighted by molar-refractivity contribution is 0.582. The number of nitrogens with one attached hydrogen (secondary N) is 2. The third kappa shape index (κ3) is 2.45. The predicted molar refractivity (Wildman–Crippen MR) is 60.2 cm³/mol. The number of aryl methyl sites for hydroxylation is 1. The largest absolute Gasteiger partial charge is 0.383 e. The van der Waals surface area contributed by atoms with Crippen molar-refractivity contribution in [3.8, 4) is 0 Å². The van der Waals surface area contributed by atoms with Crippen molar-refractivity contribution in [2.45, 2.75) is 11.4 Å². The fourth-order valence-corrected chi connectivity index (χ4v) is 2.36. The molecule has 0 radical (unpaired) electrons. The van der Waals surface area contributed by atoms with Crippen molar-refractivity contribution in [3.05, 3.63) is 24.2 Å². The van der Waals surface area contributed by atoms with Crippen molar-refractivity contribution in [1.29, 1.82) is 0 Å². The number of aromatic nitrogens is 4. The van der Waals surface area contributed by atoms with E-state index in [1.807, 2.05) is 0 Å². The Kier molecular flexibility index (Phi) is 2.86. The highest BCUT2D eigenvalue weighted by Gasteiger charge is 2.18. The van der Waals surface area contributed by atoms with Gasteiger partial charge in [-0.2, -0.15) is 10.2 Å². The number of nitrogens with two attached hydrogens (primary N) is 1. The zero-order chi connectivity index (χ0) is 12.5. The number of hydrogen-bond acceptors (Lipinski definition) is 5. The summed E-state index contributed by atoms with van der Waals surface area (Å²) < 4.78 is 27.6. The second kappa shape index (κ2) is 4.18. The Morgan fingerprint density at radius 3 is 2.82 bits per heavy atom. The zero-order valence-electron chi connectivity index (χ0n) is 9.08. The summed E-state index contributed by atoms with van der Waals surface area (Å²) >= 11 is 0. The third-order valence-corrected chi connectivity index (χ3v) is 3.58. The Bertz CT molecular complexity index is 614. The Balaban J connectivity index is 2.11. The van der Waals surface area contributed by atoms with Gasteiger partial charge < -0.3 is 5.73 Å². The normalized spacial score (nSPS) is 11.8. The van der Waals surface area contributed by atoms with E-state index in [9.17, 15) is 8.42 Å². The highest BCUT2D eigenvalue weighted by molar-refractivity contribution is 7.89. The molecule has 2 aromatic heterocycles. The Morgan fingerprint density at radius 1 is 1.53 bits per heavy atom. The summed E-state index contributed by atoms with van der Waals surface area (Å²) in [5.74, 6) is 0.0173. The van der Waals surface area contributed by atoms with Gasteiger partial charge in [0.05, 0.1) is 12.4 Å². The van der Waals surface area contributed by atoms with E-state index in [-0.39, 0.29) is 17.3 Å². The molecular formula is C8H12N6O2S. The van der Waals surface area contributed by atoms with Gasteiger partial charge in [-0.1, -0.05) is 0 Å². The lowest BCUT2D eigenvalue weighted by atomic mass is 10.4. The molecule has 0 saturated carbocycles. The Morgan fingerprint density at radius 2 is 2.29 bits per heavy atom. The summed E-state index contributed by atoms with van der Waals surface area (Å²) in [5, 5.41) is 9.87. The summed E-state index contributed by atoms with van der Waals surface area (Å²) in [7, 11) is -1.89. The minimum absolute atomic E-state index is 0.0173. The monoisotopic (exact) mass is 256 g/mol. The van der Waals surface area contributed by atoms with Crippen molar-refractivity contribution in [2.75, 3.05) is 5.73 Å². The van der Waals surface area contributed by atoms with E-state index in [0.717, 1.165) is 5.56 Å². The second-order valence-corrected chi connectivity index (χ2v) is 5.23. The molecule has 0 amide bonds. The minimum Gasteiger partial charge on any atom is -0.383 e. The van der Waals surface area contributed by atoms with Gasteiger partial charge in [-0.05, 0) is 0 Å². The number of anilines is 1. The highest BCUT2D eigenvalue weighted by atomic mass is 32.2. The molecule has 9 heteroatoms. The van der Waals surface area contributed by atoms with Gasteiger partial charge in [0.1, 0.15) is 10.7 Å². The molecule has 0 aliphatic rings. The molecule has 92 valence electrons. The first-order valence-corrected chi connectivity index (χ1v) is 6.23. The van der Waals surface area contributed by atoms with Gasteiger partial charge in [-0.3, -0.25) is 9.78 Å². The van der Waals surface area contributed by atoms with Crippen LogP contribution < -0.4 is 10.5 Å². The number of rotatable bonds is 4. The van der Waals surface area contributed by atoms with Crippen LogP contribution in [0, 0.1) is 0 Å². The zero-order valence-corrected chi connectivity index (χ0v) is 9.90. The maximum atomic E-state index is 11.8. The van der Waals surface area contributed by atoms with E-state index >= 15 is 0 Å². The first-order chi connectivity index (χ1) is 7.99. The quantitative estimate of drug-likeness (QED) is 0.662. The van der Waals surface area contributed by atoms with Crippen molar-refractivity contribution in [1.82, 2.24) is 24.7 Å². The van der Waals surface area contributed by atoms with E-state index in [2.05, 4.69) is 20.0 Å². The fourth-order valence-electron chi connectivity index (χ4n) is 1.32. The molecule has 0 spiro atoms. The predicted octanol–water partition coefficient (Wildman–Crippen LogP) is -0.796. The van der Waals surface area contributed by atoms with Crippen LogP contribution in [0.2, 0.25) is 0 Å². The number of H-pyrrole nitrogens is 1. The summed E-state index contributed by atoms with van der Waals surface area (Å²) in [6.45, 7) is 0.154. The molecule has 2 rings (SSSR count). The van der Waals surface area contributed by atoms with Crippen LogP contribution in [0.5, 0.6) is 0 Å². The minimum atomic E-state index is -3.64. The van der Waals surface area contributed by atoms with Crippen LogP contribution in [0.1, 0.15) is 5.56 Å².